The van der Waals surface area contributed by atoms with Crippen molar-refractivity contribution >= 4 is 82.0 Å². The number of pyridine rings is 1. The van der Waals surface area contributed by atoms with Gasteiger partial charge in [0.05, 0.1) is 15.8 Å². The van der Waals surface area contributed by atoms with Gasteiger partial charge >= 0.3 is 5.97 Å². The second-order valence-corrected chi connectivity index (χ2v) is 14.6. The van der Waals surface area contributed by atoms with Crippen LogP contribution in [0, 0.1) is 5.82 Å². The number of allylic oxidation sites excluding steroid dienone is 1. The highest BCUT2D eigenvalue weighted by atomic mass is 35.5. The maximum Gasteiger partial charge on any atom is 0.352 e. The number of thioether (sulfide) groups is 2. The van der Waals surface area contributed by atoms with Gasteiger partial charge in [-0.05, 0) is 47.9 Å². The molecule has 51 heavy (non-hydrogen) atoms. The maximum atomic E-state index is 13.6. The van der Waals surface area contributed by atoms with Crippen molar-refractivity contribution in [1.82, 2.24) is 15.1 Å². The van der Waals surface area contributed by atoms with E-state index in [9.17, 15) is 38.6 Å². The van der Waals surface area contributed by atoms with Crippen LogP contribution in [0.4, 0.5) is 10.1 Å². The first-order chi connectivity index (χ1) is 24.4. The number of phenols is 1. The topological polar surface area (TPSA) is 160 Å². The number of aromatic nitrogens is 1. The molecule has 2 aromatic carbocycles. The number of phenolic OH excluding ortho intramolecular Hbond substituents is 1. The smallest absolute Gasteiger partial charge is 0.352 e. The van der Waals surface area contributed by atoms with Crippen molar-refractivity contribution in [2.75, 3.05) is 23.4 Å². The van der Waals surface area contributed by atoms with Crippen LogP contribution in [0.25, 0.3) is 0 Å². The molecule has 0 spiro atoms. The van der Waals surface area contributed by atoms with Crippen molar-refractivity contribution in [3.05, 3.63) is 105 Å². The Balaban J connectivity index is 1.05. The molecule has 1 aromatic heterocycles. The van der Waals surface area contributed by atoms with Gasteiger partial charge in [-0.2, -0.15) is 4.57 Å². The van der Waals surface area contributed by atoms with Gasteiger partial charge in [-0.1, -0.05) is 29.3 Å². The molecule has 0 unspecified atom stereocenters. The summed E-state index contributed by atoms with van der Waals surface area (Å²) < 4.78 is 15.2. The summed E-state index contributed by atoms with van der Waals surface area (Å²) in [6.45, 7) is 0.637. The normalized spacial score (nSPS) is 19.2. The van der Waals surface area contributed by atoms with E-state index in [2.05, 4.69) is 10.6 Å². The molecule has 4 N–H and O–H groups in total. The number of nitrogens with one attached hydrogen (secondary N) is 2. The Morgan fingerprint density at radius 2 is 1.80 bits per heavy atom. The molecular formula is C34H29Cl2FN5O7S2+. The number of carboxylic acid groups (broad SMARTS) is 1. The monoisotopic (exact) mass is 772 g/mol. The lowest BCUT2D eigenvalue weighted by molar-refractivity contribution is -0.684. The molecule has 0 aliphatic carbocycles. The summed E-state index contributed by atoms with van der Waals surface area (Å²) in [6, 6.07) is 11.2. The maximum absolute atomic E-state index is 13.6. The Labute approximate surface area is 309 Å². The van der Waals surface area contributed by atoms with Crippen LogP contribution in [0.2, 0.25) is 10.0 Å². The number of likely N-dealkylation sites (tertiary alicyclic amines) is 1. The largest absolute Gasteiger partial charge is 0.505 e. The zero-order valence-electron chi connectivity index (χ0n) is 26.5. The van der Waals surface area contributed by atoms with Crippen LogP contribution in [0.15, 0.2) is 88.7 Å². The summed E-state index contributed by atoms with van der Waals surface area (Å²) in [7, 11) is 0. The number of fused-ring (bicyclic) bond motifs is 1. The SMILES string of the molecule is O=C(C[n+]1ccc(CN2CC/C(=C\C3=C(C(=O)O)N4C(=O)[C@@H](NC(=O)CSc5c(Cl)cccc5Cl)[C@H]4SC3)C2=O)cc1)Nc1ccc(O)c(F)c1. The molecule has 0 saturated carbocycles. The number of aromatic hydroxyl groups is 1. The second kappa shape index (κ2) is 15.4. The summed E-state index contributed by atoms with van der Waals surface area (Å²) in [5, 5.41) is 24.8. The summed E-state index contributed by atoms with van der Waals surface area (Å²) in [5.41, 5.74) is 1.56. The molecule has 0 radical (unpaired) electrons. The Hall–Kier alpha value is -4.57. The highest BCUT2D eigenvalue weighted by Crippen LogP contribution is 2.41. The number of carbonyl (C=O) groups excluding carboxylic acids is 4. The van der Waals surface area contributed by atoms with Gasteiger partial charge in [0.1, 0.15) is 17.1 Å². The number of hydrogen-bond acceptors (Lipinski definition) is 8. The Bertz CT molecular complexity index is 1990. The predicted octanol–water partition coefficient (Wildman–Crippen LogP) is 3.95. The zero-order valence-corrected chi connectivity index (χ0v) is 29.6. The van der Waals surface area contributed by atoms with E-state index >= 15 is 0 Å². The minimum absolute atomic E-state index is 0.0479. The molecule has 17 heteroatoms. The molecule has 3 aromatic rings. The van der Waals surface area contributed by atoms with Gasteiger partial charge in [0.2, 0.25) is 18.4 Å². The average molecular weight is 774 g/mol. The number of anilines is 1. The lowest BCUT2D eigenvalue weighted by Crippen LogP contribution is -2.70. The molecule has 4 heterocycles. The molecule has 6 rings (SSSR count). The van der Waals surface area contributed by atoms with Crippen LogP contribution in [0.3, 0.4) is 0 Å². The van der Waals surface area contributed by atoms with E-state index in [1.165, 1.54) is 17.8 Å². The number of halogens is 3. The third kappa shape index (κ3) is 8.01. The van der Waals surface area contributed by atoms with E-state index in [1.807, 2.05) is 0 Å². The molecule has 12 nitrogen and oxygen atoms in total. The average Bonchev–Trinajstić information content (AvgIpc) is 3.43. The van der Waals surface area contributed by atoms with Crippen LogP contribution in [0.5, 0.6) is 5.75 Å². The van der Waals surface area contributed by atoms with Gasteiger partial charge in [0, 0.05) is 53.2 Å². The lowest BCUT2D eigenvalue weighted by Gasteiger charge is -2.49. The minimum Gasteiger partial charge on any atom is -0.505 e. The number of benzene rings is 2. The molecule has 264 valence electrons. The van der Waals surface area contributed by atoms with E-state index in [0.29, 0.717) is 39.1 Å². The van der Waals surface area contributed by atoms with Crippen molar-refractivity contribution in [1.29, 1.82) is 0 Å². The molecule has 4 amide bonds. The van der Waals surface area contributed by atoms with Gasteiger partial charge < -0.3 is 25.7 Å². The van der Waals surface area contributed by atoms with E-state index < -0.39 is 46.7 Å². The molecule has 2 atom stereocenters. The van der Waals surface area contributed by atoms with E-state index in [1.54, 1.807) is 58.3 Å². The van der Waals surface area contributed by atoms with Crippen molar-refractivity contribution in [3.8, 4) is 5.75 Å². The fourth-order valence-electron chi connectivity index (χ4n) is 5.76. The first-order valence-electron chi connectivity index (χ1n) is 15.4. The van der Waals surface area contributed by atoms with Crippen molar-refractivity contribution < 1.29 is 43.1 Å². The van der Waals surface area contributed by atoms with E-state index in [-0.39, 0.29) is 41.9 Å². The third-order valence-electron chi connectivity index (χ3n) is 8.24. The number of carbonyl (C=O) groups is 5. The van der Waals surface area contributed by atoms with Crippen molar-refractivity contribution in [2.45, 2.75) is 35.8 Å². The molecule has 0 bridgehead atoms. The van der Waals surface area contributed by atoms with Gasteiger partial charge in [-0.15, -0.1) is 23.5 Å². The Morgan fingerprint density at radius 1 is 1.08 bits per heavy atom. The molecule has 3 aliphatic heterocycles. The standard InChI is InChI=1S/C34H28Cl2FN5O7S2/c35-22-2-1-3-23(36)30(22)50-17-27(45)39-28-32(47)42-29(34(48)49)20(16-51-33(28)42)12-19-8-11-41(31(19)46)14-18-6-9-40(10-7-18)15-26(44)38-21-4-5-25(43)24(37)13-21/h1-7,9-10,12-13,28,33H,8,11,14-17H2,(H3-,38,39,43,44,45,48,49)/p+1/b19-12+/t28-,33-/m1/s1. The number of β-lactam (4-membered cyclic amide) rings is 1. The minimum atomic E-state index is -1.31. The summed E-state index contributed by atoms with van der Waals surface area (Å²) >= 11 is 14.8. The summed E-state index contributed by atoms with van der Waals surface area (Å²) in [6.07, 6.45) is 5.29. The summed E-state index contributed by atoms with van der Waals surface area (Å²) in [4.78, 5) is 67.2. The number of aliphatic carboxylic acids is 1. The molecule has 2 fully saturated rings. The van der Waals surface area contributed by atoms with Crippen LogP contribution >= 0.6 is 46.7 Å². The van der Waals surface area contributed by atoms with Crippen molar-refractivity contribution in [2.24, 2.45) is 0 Å². The second-order valence-electron chi connectivity index (χ2n) is 11.7. The molecule has 3 aliphatic rings. The predicted molar refractivity (Wildman–Crippen MR) is 188 cm³/mol. The summed E-state index contributed by atoms with van der Waals surface area (Å²) in [5.74, 6) is -4.14. The van der Waals surface area contributed by atoms with Gasteiger partial charge in [0.25, 0.3) is 11.8 Å². The van der Waals surface area contributed by atoms with E-state index in [4.69, 9.17) is 23.2 Å². The Morgan fingerprint density at radius 3 is 2.49 bits per heavy atom. The van der Waals surface area contributed by atoms with E-state index in [0.717, 1.165) is 34.4 Å². The van der Waals surface area contributed by atoms with Gasteiger partial charge in [-0.25, -0.2) is 9.18 Å². The fourth-order valence-corrected chi connectivity index (χ4v) is 8.56. The highest BCUT2D eigenvalue weighted by Gasteiger charge is 2.54. The van der Waals surface area contributed by atoms with Crippen LogP contribution in [-0.2, 0) is 37.1 Å². The van der Waals surface area contributed by atoms with Crippen LogP contribution < -0.4 is 15.2 Å². The first kappa shape index (κ1) is 36.2. The van der Waals surface area contributed by atoms with Crippen LogP contribution in [-0.4, -0.2) is 79.1 Å². The lowest BCUT2D eigenvalue weighted by atomic mass is 10.0. The number of carboxylic acids is 1. The number of rotatable bonds is 11. The molecular weight excluding hydrogens is 744 g/mol. The quantitative estimate of drug-likeness (QED) is 0.0745. The van der Waals surface area contributed by atoms with Crippen LogP contribution in [0.1, 0.15) is 12.0 Å². The van der Waals surface area contributed by atoms with Gasteiger partial charge in [0.15, 0.2) is 24.0 Å². The number of hydrogen-bond donors (Lipinski definition) is 4. The number of amides is 4. The first-order valence-corrected chi connectivity index (χ1v) is 18.2. The number of nitrogens with zero attached hydrogens (tertiary/aromatic N) is 3. The van der Waals surface area contributed by atoms with Gasteiger partial charge in [-0.3, -0.25) is 24.1 Å². The Kier molecular flexibility index (Phi) is 10.9. The highest BCUT2D eigenvalue weighted by molar-refractivity contribution is 8.00. The third-order valence-corrected chi connectivity index (χ3v) is 11.5. The zero-order chi connectivity index (χ0) is 36.4. The van der Waals surface area contributed by atoms with Crippen molar-refractivity contribution in [3.63, 3.8) is 0 Å². The fraction of sp³-hybridized carbons (Fsp3) is 0.235. The molecule has 2 saturated heterocycles.